The van der Waals surface area contributed by atoms with Crippen molar-refractivity contribution < 1.29 is 33.6 Å². The van der Waals surface area contributed by atoms with Gasteiger partial charge in [0.05, 0.1) is 50.9 Å². The van der Waals surface area contributed by atoms with E-state index in [-0.39, 0.29) is 42.4 Å². The SMILES string of the molecule is COCCCNc1cc(CO[C@H]2CNC[C@@H](OCC(=O)N3CCOCC3C)C2c2ccc(OC)cc2)ccc1O. The molecular weight excluding hydrogens is 514 g/mol. The first-order valence-electron chi connectivity index (χ1n) is 14.0. The molecular formula is C30H43N3O7. The van der Waals surface area contributed by atoms with Gasteiger partial charge in [0.2, 0.25) is 5.91 Å². The summed E-state index contributed by atoms with van der Waals surface area (Å²) in [6.45, 7) is 6.63. The van der Waals surface area contributed by atoms with Gasteiger partial charge in [-0.05, 0) is 48.7 Å². The molecule has 4 rings (SSSR count). The Kier molecular flexibility index (Phi) is 11.4. The minimum absolute atomic E-state index is 0.00608. The van der Waals surface area contributed by atoms with Gasteiger partial charge in [0.25, 0.3) is 0 Å². The van der Waals surface area contributed by atoms with Gasteiger partial charge in [-0.1, -0.05) is 18.2 Å². The summed E-state index contributed by atoms with van der Waals surface area (Å²) in [4.78, 5) is 14.8. The molecule has 0 aliphatic carbocycles. The summed E-state index contributed by atoms with van der Waals surface area (Å²) >= 11 is 0. The summed E-state index contributed by atoms with van der Waals surface area (Å²) in [7, 11) is 3.32. The molecule has 1 amide bonds. The third kappa shape index (κ3) is 8.08. The number of phenols is 1. The molecule has 2 aromatic rings. The third-order valence-corrected chi connectivity index (χ3v) is 7.47. The van der Waals surface area contributed by atoms with Gasteiger partial charge in [-0.25, -0.2) is 0 Å². The second-order valence-electron chi connectivity index (χ2n) is 10.3. The number of anilines is 1. The number of benzene rings is 2. The van der Waals surface area contributed by atoms with Crippen LogP contribution in [0.4, 0.5) is 5.69 Å². The Morgan fingerprint density at radius 1 is 1.12 bits per heavy atom. The Balaban J connectivity index is 1.45. The van der Waals surface area contributed by atoms with Crippen molar-refractivity contribution in [1.82, 2.24) is 10.2 Å². The highest BCUT2D eigenvalue weighted by Crippen LogP contribution is 2.32. The molecule has 10 nitrogen and oxygen atoms in total. The summed E-state index contributed by atoms with van der Waals surface area (Å²) < 4.78 is 28.7. The normalized spacial score (nSPS) is 23.1. The number of methoxy groups -OCH3 is 2. The number of hydrogen-bond donors (Lipinski definition) is 3. The maximum Gasteiger partial charge on any atom is 0.248 e. The van der Waals surface area contributed by atoms with Crippen LogP contribution in [0.1, 0.15) is 30.4 Å². The van der Waals surface area contributed by atoms with E-state index < -0.39 is 0 Å². The second kappa shape index (κ2) is 15.2. The number of rotatable bonds is 13. The van der Waals surface area contributed by atoms with E-state index in [1.165, 1.54) is 0 Å². The lowest BCUT2D eigenvalue weighted by molar-refractivity contribution is -0.148. The van der Waals surface area contributed by atoms with Crippen molar-refractivity contribution >= 4 is 11.6 Å². The van der Waals surface area contributed by atoms with E-state index in [2.05, 4.69) is 10.6 Å². The van der Waals surface area contributed by atoms with E-state index in [0.29, 0.717) is 58.3 Å². The van der Waals surface area contributed by atoms with E-state index in [9.17, 15) is 9.90 Å². The van der Waals surface area contributed by atoms with Gasteiger partial charge in [-0.2, -0.15) is 0 Å². The maximum absolute atomic E-state index is 13.0. The predicted molar refractivity (Wildman–Crippen MR) is 152 cm³/mol. The van der Waals surface area contributed by atoms with Gasteiger partial charge in [0.1, 0.15) is 18.1 Å². The molecule has 2 unspecified atom stereocenters. The van der Waals surface area contributed by atoms with Crippen LogP contribution in [0.5, 0.6) is 11.5 Å². The van der Waals surface area contributed by atoms with Gasteiger partial charge in [-0.15, -0.1) is 0 Å². The van der Waals surface area contributed by atoms with Crippen LogP contribution in [-0.2, 0) is 30.3 Å². The minimum Gasteiger partial charge on any atom is -0.506 e. The number of ether oxygens (including phenoxy) is 5. The topological polar surface area (TPSA) is 111 Å². The molecule has 0 saturated carbocycles. The van der Waals surface area contributed by atoms with Crippen molar-refractivity contribution in [3.63, 3.8) is 0 Å². The average Bonchev–Trinajstić information content (AvgIpc) is 2.98. The van der Waals surface area contributed by atoms with Gasteiger partial charge in [0, 0.05) is 45.8 Å². The number of carbonyl (C=O) groups is 1. The molecule has 2 aliphatic rings. The van der Waals surface area contributed by atoms with Crippen molar-refractivity contribution in [1.29, 1.82) is 0 Å². The van der Waals surface area contributed by atoms with Crippen LogP contribution in [-0.4, -0.2) is 101 Å². The molecule has 0 aromatic heterocycles. The zero-order valence-electron chi connectivity index (χ0n) is 23.8. The van der Waals surface area contributed by atoms with Crippen LogP contribution in [0.25, 0.3) is 0 Å². The number of piperidine rings is 1. The fourth-order valence-electron chi connectivity index (χ4n) is 5.26. The molecule has 220 valence electrons. The Labute approximate surface area is 236 Å². The molecule has 2 fully saturated rings. The molecule has 40 heavy (non-hydrogen) atoms. The van der Waals surface area contributed by atoms with Crippen LogP contribution in [0.15, 0.2) is 42.5 Å². The third-order valence-electron chi connectivity index (χ3n) is 7.47. The molecule has 4 atom stereocenters. The highest BCUT2D eigenvalue weighted by atomic mass is 16.5. The predicted octanol–water partition coefficient (Wildman–Crippen LogP) is 2.75. The van der Waals surface area contributed by atoms with Gasteiger partial charge < -0.3 is 44.3 Å². The first kappa shape index (κ1) is 30.1. The molecule has 2 aliphatic heterocycles. The Morgan fingerprint density at radius 2 is 1.90 bits per heavy atom. The Morgan fingerprint density at radius 3 is 2.62 bits per heavy atom. The minimum atomic E-state index is -0.259. The number of nitrogens with one attached hydrogen (secondary N) is 2. The van der Waals surface area contributed by atoms with Gasteiger partial charge in [-0.3, -0.25) is 4.79 Å². The fraction of sp³-hybridized carbons (Fsp3) is 0.567. The van der Waals surface area contributed by atoms with Crippen LogP contribution in [0.3, 0.4) is 0 Å². The van der Waals surface area contributed by atoms with Crippen LogP contribution in [0, 0.1) is 0 Å². The first-order chi connectivity index (χ1) is 19.5. The van der Waals surface area contributed by atoms with E-state index in [1.807, 2.05) is 48.2 Å². The molecule has 2 saturated heterocycles. The summed E-state index contributed by atoms with van der Waals surface area (Å²) in [6, 6.07) is 13.4. The largest absolute Gasteiger partial charge is 0.506 e. The van der Waals surface area contributed by atoms with Crippen LogP contribution in [0.2, 0.25) is 0 Å². The first-order valence-corrected chi connectivity index (χ1v) is 14.0. The lowest BCUT2D eigenvalue weighted by Gasteiger charge is -2.39. The number of carbonyl (C=O) groups excluding carboxylic acids is 1. The molecule has 0 radical (unpaired) electrons. The average molecular weight is 558 g/mol. The van der Waals surface area contributed by atoms with E-state index in [0.717, 1.165) is 23.3 Å². The van der Waals surface area contributed by atoms with E-state index >= 15 is 0 Å². The van der Waals surface area contributed by atoms with Crippen molar-refractivity contribution in [3.8, 4) is 11.5 Å². The van der Waals surface area contributed by atoms with Crippen molar-refractivity contribution in [2.24, 2.45) is 0 Å². The second-order valence-corrected chi connectivity index (χ2v) is 10.3. The Hall–Kier alpha value is -2.89. The van der Waals surface area contributed by atoms with Crippen LogP contribution >= 0.6 is 0 Å². The maximum atomic E-state index is 13.0. The molecule has 10 heteroatoms. The number of phenolic OH excluding ortho intramolecular Hbond substituents is 1. The van der Waals surface area contributed by atoms with Crippen molar-refractivity contribution in [2.75, 3.05) is 72.1 Å². The number of morpholine rings is 1. The summed E-state index contributed by atoms with van der Waals surface area (Å²) in [5.74, 6) is 0.857. The monoisotopic (exact) mass is 557 g/mol. The van der Waals surface area contributed by atoms with Gasteiger partial charge in [0.15, 0.2) is 0 Å². The van der Waals surface area contributed by atoms with Crippen molar-refractivity contribution in [3.05, 3.63) is 53.6 Å². The van der Waals surface area contributed by atoms with E-state index in [1.54, 1.807) is 20.3 Å². The lowest BCUT2D eigenvalue weighted by atomic mass is 9.85. The number of aromatic hydroxyl groups is 1. The summed E-state index contributed by atoms with van der Waals surface area (Å²) in [6.07, 6.45) is 0.379. The zero-order valence-corrected chi connectivity index (χ0v) is 23.8. The standard InChI is InChI=1S/C30H43N3O7/c1-21-18-38-14-12-33(21)29(35)20-40-28-17-31-16-27(30(28)23-6-8-24(37-3)9-7-23)39-19-22-5-10-26(34)25(15-22)32-11-4-13-36-2/h5-10,15,21,27-28,30-32,34H,4,11-14,16-20H2,1-3H3/t21?,27-,28+,30?/m0/s1. The lowest BCUT2D eigenvalue weighted by Crippen LogP contribution is -2.52. The summed E-state index contributed by atoms with van der Waals surface area (Å²) in [5.41, 5.74) is 2.68. The van der Waals surface area contributed by atoms with Crippen LogP contribution < -0.4 is 15.4 Å². The fourth-order valence-corrected chi connectivity index (χ4v) is 5.26. The zero-order chi connectivity index (χ0) is 28.3. The molecule has 2 aromatic carbocycles. The Bertz CT molecular complexity index is 1070. The quantitative estimate of drug-likeness (QED) is 0.253. The summed E-state index contributed by atoms with van der Waals surface area (Å²) in [5, 5.41) is 17.0. The van der Waals surface area contributed by atoms with E-state index in [4.69, 9.17) is 23.7 Å². The molecule has 0 bridgehead atoms. The number of amides is 1. The molecule has 2 heterocycles. The number of nitrogens with zero attached hydrogens (tertiary/aromatic N) is 1. The number of hydrogen-bond acceptors (Lipinski definition) is 9. The van der Waals surface area contributed by atoms with Gasteiger partial charge >= 0.3 is 0 Å². The molecule has 0 spiro atoms. The highest BCUT2D eigenvalue weighted by Gasteiger charge is 2.37. The smallest absolute Gasteiger partial charge is 0.248 e. The molecule has 3 N–H and O–H groups in total. The highest BCUT2D eigenvalue weighted by molar-refractivity contribution is 5.77. The van der Waals surface area contributed by atoms with Crippen molar-refractivity contribution in [2.45, 2.75) is 44.1 Å².